The Hall–Kier alpha value is -3.47. The van der Waals surface area contributed by atoms with Crippen molar-refractivity contribution < 1.29 is 4.79 Å². The van der Waals surface area contributed by atoms with Gasteiger partial charge in [-0.25, -0.2) is 4.98 Å². The van der Waals surface area contributed by atoms with E-state index in [1.54, 1.807) is 18.2 Å². The van der Waals surface area contributed by atoms with Gasteiger partial charge in [-0.1, -0.05) is 36.4 Å². The molecule has 1 N–H and O–H groups in total. The molecule has 1 heterocycles. The minimum Gasteiger partial charge on any atom is -0.324 e. The standard InChI is InChI=1S/C22H17N3O2/c26-20(12-25-13-23-18-7-2-1-5-17(18)22(25)27)24-19-11-10-15-9-8-14-4-3-6-16(19)21(14)15/h1-7,10-11,13H,8-9,12H2,(H,24,26). The van der Waals surface area contributed by atoms with Crippen LogP contribution in [0.1, 0.15) is 11.1 Å². The van der Waals surface area contributed by atoms with Crippen molar-refractivity contribution in [2.24, 2.45) is 0 Å². The molecule has 3 aromatic carbocycles. The Balaban J connectivity index is 1.46. The van der Waals surface area contributed by atoms with Crippen molar-refractivity contribution in [2.45, 2.75) is 19.4 Å². The fraction of sp³-hybridized carbons (Fsp3) is 0.136. The third-order valence-electron chi connectivity index (χ3n) is 5.20. The van der Waals surface area contributed by atoms with Crippen molar-refractivity contribution in [1.29, 1.82) is 0 Å². The molecular weight excluding hydrogens is 338 g/mol. The molecule has 0 aliphatic heterocycles. The number of para-hydroxylation sites is 1. The van der Waals surface area contributed by atoms with Gasteiger partial charge in [-0.15, -0.1) is 0 Å². The number of carbonyl (C=O) groups is 1. The summed E-state index contributed by atoms with van der Waals surface area (Å²) in [6.07, 6.45) is 3.52. The second kappa shape index (κ2) is 6.06. The Bertz CT molecular complexity index is 1260. The zero-order chi connectivity index (χ0) is 18.4. The predicted octanol–water partition coefficient (Wildman–Crippen LogP) is 3.29. The first-order chi connectivity index (χ1) is 13.2. The second-order valence-corrected chi connectivity index (χ2v) is 6.85. The number of carbonyl (C=O) groups excluding carboxylic acids is 1. The van der Waals surface area contributed by atoms with Crippen LogP contribution in [0.25, 0.3) is 21.7 Å². The van der Waals surface area contributed by atoms with E-state index in [2.05, 4.69) is 22.4 Å². The van der Waals surface area contributed by atoms with Crippen molar-refractivity contribution in [3.8, 4) is 0 Å². The largest absolute Gasteiger partial charge is 0.324 e. The van der Waals surface area contributed by atoms with Crippen LogP contribution in [0.15, 0.2) is 65.7 Å². The first-order valence-corrected chi connectivity index (χ1v) is 8.98. The van der Waals surface area contributed by atoms with Gasteiger partial charge < -0.3 is 5.32 Å². The van der Waals surface area contributed by atoms with Crippen LogP contribution in [0.3, 0.4) is 0 Å². The molecule has 0 saturated carbocycles. The third-order valence-corrected chi connectivity index (χ3v) is 5.20. The van der Waals surface area contributed by atoms with Gasteiger partial charge in [0.15, 0.2) is 0 Å². The highest BCUT2D eigenvalue weighted by molar-refractivity contribution is 6.05. The number of hydrogen-bond donors (Lipinski definition) is 1. The number of amides is 1. The van der Waals surface area contributed by atoms with Gasteiger partial charge in [0, 0.05) is 11.1 Å². The highest BCUT2D eigenvalue weighted by Gasteiger charge is 2.17. The predicted molar refractivity (Wildman–Crippen MR) is 106 cm³/mol. The fourth-order valence-electron chi connectivity index (χ4n) is 3.92. The fourth-order valence-corrected chi connectivity index (χ4v) is 3.92. The van der Waals surface area contributed by atoms with Crippen molar-refractivity contribution in [2.75, 3.05) is 5.32 Å². The van der Waals surface area contributed by atoms with E-state index in [0.717, 1.165) is 23.9 Å². The summed E-state index contributed by atoms with van der Waals surface area (Å²) in [6.45, 7) is -0.0698. The highest BCUT2D eigenvalue weighted by Crippen LogP contribution is 2.34. The molecule has 5 rings (SSSR count). The number of aryl methyl sites for hydroxylation is 2. The second-order valence-electron chi connectivity index (χ2n) is 6.85. The summed E-state index contributed by atoms with van der Waals surface area (Å²) in [5, 5.41) is 5.78. The van der Waals surface area contributed by atoms with Crippen LogP contribution >= 0.6 is 0 Å². The van der Waals surface area contributed by atoms with Crippen molar-refractivity contribution in [3.63, 3.8) is 0 Å². The lowest BCUT2D eigenvalue weighted by Gasteiger charge is -2.11. The van der Waals surface area contributed by atoms with Gasteiger partial charge in [0.05, 0.1) is 17.2 Å². The zero-order valence-electron chi connectivity index (χ0n) is 14.6. The van der Waals surface area contributed by atoms with Gasteiger partial charge in [0.2, 0.25) is 5.91 Å². The van der Waals surface area contributed by atoms with Crippen molar-refractivity contribution >= 4 is 33.3 Å². The van der Waals surface area contributed by atoms with Crippen LogP contribution in [0, 0.1) is 0 Å². The Labute approximate surface area is 155 Å². The van der Waals surface area contributed by atoms with E-state index in [4.69, 9.17) is 0 Å². The molecule has 1 amide bonds. The van der Waals surface area contributed by atoms with E-state index in [0.29, 0.717) is 10.9 Å². The highest BCUT2D eigenvalue weighted by atomic mass is 16.2. The number of aromatic nitrogens is 2. The number of anilines is 1. The molecule has 0 radical (unpaired) electrons. The molecule has 132 valence electrons. The maximum atomic E-state index is 12.6. The quantitative estimate of drug-likeness (QED) is 0.613. The first kappa shape index (κ1) is 15.8. The molecule has 0 spiro atoms. The zero-order valence-corrected chi connectivity index (χ0v) is 14.6. The van der Waals surface area contributed by atoms with Gasteiger partial charge in [0.1, 0.15) is 6.54 Å². The Morgan fingerprint density at radius 2 is 1.74 bits per heavy atom. The van der Waals surface area contributed by atoms with Crippen LogP contribution in [-0.2, 0) is 24.2 Å². The molecule has 1 aromatic heterocycles. The molecule has 0 unspecified atom stereocenters. The van der Waals surface area contributed by atoms with Gasteiger partial charge in [-0.05, 0) is 47.6 Å². The van der Waals surface area contributed by atoms with E-state index in [-0.39, 0.29) is 18.0 Å². The molecule has 1 aliphatic carbocycles. The van der Waals surface area contributed by atoms with Crippen LogP contribution in [-0.4, -0.2) is 15.5 Å². The number of hydrogen-bond acceptors (Lipinski definition) is 3. The number of nitrogens with one attached hydrogen (secondary N) is 1. The number of rotatable bonds is 3. The van der Waals surface area contributed by atoms with Crippen molar-refractivity contribution in [1.82, 2.24) is 9.55 Å². The van der Waals surface area contributed by atoms with Crippen LogP contribution < -0.4 is 10.9 Å². The lowest BCUT2D eigenvalue weighted by molar-refractivity contribution is -0.116. The van der Waals surface area contributed by atoms with E-state index >= 15 is 0 Å². The van der Waals surface area contributed by atoms with Crippen LogP contribution in [0.5, 0.6) is 0 Å². The lowest BCUT2D eigenvalue weighted by Crippen LogP contribution is -2.27. The van der Waals surface area contributed by atoms with E-state index in [1.807, 2.05) is 24.3 Å². The monoisotopic (exact) mass is 355 g/mol. The molecule has 5 nitrogen and oxygen atoms in total. The molecule has 0 bridgehead atoms. The van der Waals surface area contributed by atoms with E-state index in [9.17, 15) is 9.59 Å². The third kappa shape index (κ3) is 2.59. The molecule has 1 aliphatic rings. The minimum atomic E-state index is -0.243. The Kier molecular flexibility index (Phi) is 3.53. The summed E-state index contributed by atoms with van der Waals surface area (Å²) in [5.74, 6) is -0.243. The van der Waals surface area contributed by atoms with E-state index in [1.165, 1.54) is 27.4 Å². The van der Waals surface area contributed by atoms with Gasteiger partial charge >= 0.3 is 0 Å². The summed E-state index contributed by atoms with van der Waals surface area (Å²) >= 11 is 0. The normalized spacial score (nSPS) is 12.6. The molecule has 0 saturated heterocycles. The van der Waals surface area contributed by atoms with Gasteiger partial charge in [-0.3, -0.25) is 14.2 Å². The lowest BCUT2D eigenvalue weighted by atomic mass is 10.0. The minimum absolute atomic E-state index is 0.0698. The smallest absolute Gasteiger partial charge is 0.261 e. The van der Waals surface area contributed by atoms with E-state index < -0.39 is 0 Å². The van der Waals surface area contributed by atoms with Gasteiger partial charge in [-0.2, -0.15) is 0 Å². The van der Waals surface area contributed by atoms with Gasteiger partial charge in [0.25, 0.3) is 5.56 Å². The average Bonchev–Trinajstić information content (AvgIpc) is 3.11. The number of fused-ring (bicyclic) bond motifs is 1. The number of benzene rings is 3. The summed E-state index contributed by atoms with van der Waals surface area (Å²) in [4.78, 5) is 29.4. The summed E-state index contributed by atoms with van der Waals surface area (Å²) < 4.78 is 1.34. The molecule has 5 heteroatoms. The first-order valence-electron chi connectivity index (χ1n) is 8.98. The summed E-state index contributed by atoms with van der Waals surface area (Å²) in [5.41, 5.74) is 3.86. The average molecular weight is 355 g/mol. The molecular formula is C22H17N3O2. The van der Waals surface area contributed by atoms with Crippen LogP contribution in [0.2, 0.25) is 0 Å². The Morgan fingerprint density at radius 1 is 0.963 bits per heavy atom. The molecule has 0 atom stereocenters. The van der Waals surface area contributed by atoms with Crippen LogP contribution in [0.4, 0.5) is 5.69 Å². The SMILES string of the molecule is O=C(Cn1cnc2ccccc2c1=O)Nc1ccc2c3c(cccc13)CC2. The molecule has 0 fully saturated rings. The summed E-state index contributed by atoms with van der Waals surface area (Å²) in [7, 11) is 0. The number of nitrogens with zero attached hydrogens (tertiary/aromatic N) is 2. The summed E-state index contributed by atoms with van der Waals surface area (Å²) in [6, 6.07) is 17.4. The van der Waals surface area contributed by atoms with Crippen molar-refractivity contribution in [3.05, 3.63) is 82.4 Å². The maximum absolute atomic E-state index is 12.6. The topological polar surface area (TPSA) is 64.0 Å². The Morgan fingerprint density at radius 3 is 2.63 bits per heavy atom. The molecule has 27 heavy (non-hydrogen) atoms. The molecule has 4 aromatic rings. The maximum Gasteiger partial charge on any atom is 0.261 e.